The Kier molecular flexibility index (Phi) is 5.73. The van der Waals surface area contributed by atoms with Gasteiger partial charge < -0.3 is 9.64 Å². The number of ether oxygens (including phenoxy) is 1. The van der Waals surface area contributed by atoms with E-state index in [0.717, 1.165) is 0 Å². The van der Waals surface area contributed by atoms with Crippen LogP contribution in [0.5, 0.6) is 0 Å². The SMILES string of the molecule is CCOC(=O)CC(=O)CC(=O)N(C)c1ccccc1. The van der Waals surface area contributed by atoms with E-state index < -0.39 is 11.8 Å². The first-order chi connectivity index (χ1) is 9.04. The highest BCUT2D eigenvalue weighted by Gasteiger charge is 2.18. The van der Waals surface area contributed by atoms with Crippen LogP contribution < -0.4 is 4.90 Å². The lowest BCUT2D eigenvalue weighted by Gasteiger charge is -2.16. The number of esters is 1. The molecular formula is C14H17NO4. The second-order valence-electron chi connectivity index (χ2n) is 3.99. The molecule has 0 heterocycles. The molecule has 0 fully saturated rings. The zero-order valence-electron chi connectivity index (χ0n) is 11.1. The molecule has 102 valence electrons. The van der Waals surface area contributed by atoms with Crippen molar-refractivity contribution in [3.8, 4) is 0 Å². The van der Waals surface area contributed by atoms with Crippen LogP contribution in [-0.2, 0) is 19.1 Å². The summed E-state index contributed by atoms with van der Waals surface area (Å²) in [5.41, 5.74) is 0.705. The number of benzene rings is 1. The molecule has 0 radical (unpaired) electrons. The van der Waals surface area contributed by atoms with Crippen LogP contribution in [0, 0.1) is 0 Å². The van der Waals surface area contributed by atoms with Crippen molar-refractivity contribution >= 4 is 23.3 Å². The van der Waals surface area contributed by atoms with Crippen LogP contribution in [0.15, 0.2) is 30.3 Å². The summed E-state index contributed by atoms with van der Waals surface area (Å²) in [4.78, 5) is 35.9. The Bertz CT molecular complexity index is 456. The van der Waals surface area contributed by atoms with Gasteiger partial charge in [0.1, 0.15) is 6.42 Å². The molecule has 0 saturated carbocycles. The summed E-state index contributed by atoms with van der Waals surface area (Å²) in [5.74, 6) is -1.38. The molecule has 19 heavy (non-hydrogen) atoms. The van der Waals surface area contributed by atoms with Crippen molar-refractivity contribution in [3.05, 3.63) is 30.3 Å². The fraction of sp³-hybridized carbons (Fsp3) is 0.357. The Labute approximate surface area is 112 Å². The average molecular weight is 263 g/mol. The van der Waals surface area contributed by atoms with Gasteiger partial charge in [0.05, 0.1) is 13.0 Å². The molecule has 0 spiro atoms. The van der Waals surface area contributed by atoms with Gasteiger partial charge in [-0.3, -0.25) is 14.4 Å². The van der Waals surface area contributed by atoms with Gasteiger partial charge in [-0.15, -0.1) is 0 Å². The summed E-state index contributed by atoms with van der Waals surface area (Å²) in [6, 6.07) is 8.99. The summed E-state index contributed by atoms with van der Waals surface area (Å²) in [6.07, 6.45) is -0.660. The van der Waals surface area contributed by atoms with Gasteiger partial charge >= 0.3 is 5.97 Å². The molecule has 0 aliphatic rings. The standard InChI is InChI=1S/C14H17NO4/c1-3-19-14(18)10-12(16)9-13(17)15(2)11-7-5-4-6-8-11/h4-8H,3,9-10H2,1-2H3. The smallest absolute Gasteiger partial charge is 0.313 e. The number of ketones is 1. The Balaban J connectivity index is 2.51. The lowest BCUT2D eigenvalue weighted by molar-refractivity contribution is -0.145. The number of para-hydroxylation sites is 1. The molecule has 0 unspecified atom stereocenters. The van der Waals surface area contributed by atoms with Crippen molar-refractivity contribution < 1.29 is 19.1 Å². The van der Waals surface area contributed by atoms with Crippen LogP contribution in [0.2, 0.25) is 0 Å². The number of hydrogen-bond acceptors (Lipinski definition) is 4. The molecule has 0 N–H and O–H groups in total. The van der Waals surface area contributed by atoms with Crippen LogP contribution in [0.25, 0.3) is 0 Å². The highest BCUT2D eigenvalue weighted by Crippen LogP contribution is 2.12. The van der Waals surface area contributed by atoms with Crippen molar-refractivity contribution in [1.82, 2.24) is 0 Å². The van der Waals surface area contributed by atoms with Crippen molar-refractivity contribution in [3.63, 3.8) is 0 Å². The van der Waals surface area contributed by atoms with Crippen LogP contribution in [0.1, 0.15) is 19.8 Å². The first-order valence-electron chi connectivity index (χ1n) is 6.03. The molecule has 1 aromatic rings. The predicted octanol–water partition coefficient (Wildman–Crippen LogP) is 1.56. The maximum atomic E-state index is 11.8. The van der Waals surface area contributed by atoms with E-state index in [2.05, 4.69) is 4.74 Å². The lowest BCUT2D eigenvalue weighted by Crippen LogP contribution is -2.29. The van der Waals surface area contributed by atoms with E-state index in [1.165, 1.54) is 4.90 Å². The number of rotatable bonds is 6. The fourth-order valence-electron chi connectivity index (χ4n) is 1.52. The Morgan fingerprint density at radius 1 is 1.11 bits per heavy atom. The minimum absolute atomic E-state index is 0.226. The number of nitrogens with zero attached hydrogens (tertiary/aromatic N) is 1. The zero-order chi connectivity index (χ0) is 14.3. The topological polar surface area (TPSA) is 63.7 Å². The van der Waals surface area contributed by atoms with Crippen molar-refractivity contribution in [2.24, 2.45) is 0 Å². The molecule has 1 aromatic carbocycles. The largest absolute Gasteiger partial charge is 0.466 e. The van der Waals surface area contributed by atoms with E-state index in [9.17, 15) is 14.4 Å². The summed E-state index contributed by atoms with van der Waals surface area (Å²) in [6.45, 7) is 1.89. The maximum absolute atomic E-state index is 11.8. The summed E-state index contributed by atoms with van der Waals surface area (Å²) in [5, 5.41) is 0. The summed E-state index contributed by atoms with van der Waals surface area (Å²) >= 11 is 0. The Hall–Kier alpha value is -2.17. The first-order valence-corrected chi connectivity index (χ1v) is 6.03. The van der Waals surface area contributed by atoms with E-state index in [1.807, 2.05) is 6.07 Å². The fourth-order valence-corrected chi connectivity index (χ4v) is 1.52. The van der Waals surface area contributed by atoms with E-state index in [-0.39, 0.29) is 25.4 Å². The molecule has 0 atom stereocenters. The highest BCUT2D eigenvalue weighted by atomic mass is 16.5. The van der Waals surface area contributed by atoms with E-state index >= 15 is 0 Å². The molecule has 0 aliphatic heterocycles. The van der Waals surface area contributed by atoms with Crippen molar-refractivity contribution in [1.29, 1.82) is 0 Å². The molecule has 5 heteroatoms. The predicted molar refractivity (Wildman–Crippen MR) is 70.7 cm³/mol. The Morgan fingerprint density at radius 3 is 2.32 bits per heavy atom. The van der Waals surface area contributed by atoms with E-state index in [1.54, 1.807) is 38.2 Å². The maximum Gasteiger partial charge on any atom is 0.313 e. The van der Waals surface area contributed by atoms with Crippen LogP contribution >= 0.6 is 0 Å². The highest BCUT2D eigenvalue weighted by molar-refractivity contribution is 6.09. The molecule has 0 bridgehead atoms. The quantitative estimate of drug-likeness (QED) is 0.577. The van der Waals surface area contributed by atoms with Gasteiger partial charge in [-0.05, 0) is 19.1 Å². The molecular weight excluding hydrogens is 246 g/mol. The minimum Gasteiger partial charge on any atom is -0.466 e. The van der Waals surface area contributed by atoms with E-state index in [0.29, 0.717) is 5.69 Å². The number of hydrogen-bond donors (Lipinski definition) is 0. The monoisotopic (exact) mass is 263 g/mol. The number of anilines is 1. The summed E-state index contributed by atoms with van der Waals surface area (Å²) in [7, 11) is 1.59. The third kappa shape index (κ3) is 4.91. The van der Waals surface area contributed by atoms with E-state index in [4.69, 9.17) is 0 Å². The molecule has 1 amide bonds. The second-order valence-corrected chi connectivity index (χ2v) is 3.99. The van der Waals surface area contributed by atoms with Gasteiger partial charge in [-0.2, -0.15) is 0 Å². The molecule has 5 nitrogen and oxygen atoms in total. The number of amides is 1. The Morgan fingerprint density at radius 2 is 1.74 bits per heavy atom. The number of carbonyl (C=O) groups is 3. The normalized spacial score (nSPS) is 9.79. The number of Topliss-reactive ketones (excluding diaryl/α,β-unsaturated/α-hetero) is 1. The van der Waals surface area contributed by atoms with Gasteiger partial charge in [-0.1, -0.05) is 18.2 Å². The van der Waals surface area contributed by atoms with Crippen LogP contribution in [-0.4, -0.2) is 31.3 Å². The van der Waals surface area contributed by atoms with Crippen LogP contribution in [0.4, 0.5) is 5.69 Å². The zero-order valence-corrected chi connectivity index (χ0v) is 11.1. The van der Waals surface area contributed by atoms with Gasteiger partial charge in [0.15, 0.2) is 5.78 Å². The van der Waals surface area contributed by atoms with Gasteiger partial charge in [0.25, 0.3) is 0 Å². The lowest BCUT2D eigenvalue weighted by atomic mass is 10.2. The number of carbonyl (C=O) groups excluding carboxylic acids is 3. The molecule has 0 saturated heterocycles. The van der Waals surface area contributed by atoms with Gasteiger partial charge in [0.2, 0.25) is 5.91 Å². The van der Waals surface area contributed by atoms with Crippen molar-refractivity contribution in [2.75, 3.05) is 18.6 Å². The average Bonchev–Trinajstić information content (AvgIpc) is 2.38. The first kappa shape index (κ1) is 14.9. The van der Waals surface area contributed by atoms with Crippen molar-refractivity contribution in [2.45, 2.75) is 19.8 Å². The third-order valence-corrected chi connectivity index (χ3v) is 2.51. The molecule has 0 aliphatic carbocycles. The van der Waals surface area contributed by atoms with Crippen LogP contribution in [0.3, 0.4) is 0 Å². The van der Waals surface area contributed by atoms with Gasteiger partial charge in [-0.25, -0.2) is 0 Å². The molecule has 1 rings (SSSR count). The van der Waals surface area contributed by atoms with Gasteiger partial charge in [0, 0.05) is 12.7 Å². The second kappa shape index (κ2) is 7.31. The summed E-state index contributed by atoms with van der Waals surface area (Å²) < 4.78 is 4.65. The third-order valence-electron chi connectivity index (χ3n) is 2.51. The minimum atomic E-state index is -0.595. The molecule has 0 aromatic heterocycles.